The number of unbranched alkanes of at least 4 members (excludes halogenated alkanes) is 1. The zero-order valence-corrected chi connectivity index (χ0v) is 20.1. The van der Waals surface area contributed by atoms with Gasteiger partial charge in [-0.05, 0) is 58.6 Å². The van der Waals surface area contributed by atoms with Crippen molar-refractivity contribution in [2.75, 3.05) is 38.6 Å². The Morgan fingerprint density at radius 2 is 1.82 bits per heavy atom. The molecule has 1 atom stereocenters. The molecule has 34 heavy (non-hydrogen) atoms. The van der Waals surface area contributed by atoms with E-state index in [2.05, 4.69) is 0 Å². The van der Waals surface area contributed by atoms with Crippen LogP contribution in [0.1, 0.15) is 48.1 Å². The first-order chi connectivity index (χ1) is 16.2. The van der Waals surface area contributed by atoms with Crippen LogP contribution in [0.3, 0.4) is 0 Å². The third-order valence-electron chi connectivity index (χ3n) is 6.50. The minimum atomic E-state index is -1.73. The standard InChI is InChI=1S/C26H31N3O5/c1-5-6-15-28-19-11-8-7-10-18(19)26(25(28)33)21(22(30)20-13-12-17(2)34-20)23(31)24(32)29(26)16-9-14-27(3)4/h7-8,10-13,31H,5-6,9,14-16H2,1-4H3. The Hall–Kier alpha value is -3.39. The van der Waals surface area contributed by atoms with E-state index in [0.717, 1.165) is 12.8 Å². The molecule has 0 aliphatic carbocycles. The number of aryl methyl sites for hydroxylation is 1. The summed E-state index contributed by atoms with van der Waals surface area (Å²) < 4.78 is 5.55. The van der Waals surface area contributed by atoms with Crippen LogP contribution in [0.25, 0.3) is 0 Å². The highest BCUT2D eigenvalue weighted by atomic mass is 16.3. The molecule has 0 saturated carbocycles. The van der Waals surface area contributed by atoms with E-state index in [0.29, 0.717) is 36.5 Å². The highest BCUT2D eigenvalue weighted by Crippen LogP contribution is 2.53. The lowest BCUT2D eigenvalue weighted by Crippen LogP contribution is -2.54. The van der Waals surface area contributed by atoms with Crippen LogP contribution in [-0.4, -0.2) is 66.2 Å². The second-order valence-electron chi connectivity index (χ2n) is 9.11. The maximum absolute atomic E-state index is 14.2. The first-order valence-corrected chi connectivity index (χ1v) is 11.7. The summed E-state index contributed by atoms with van der Waals surface area (Å²) in [5.41, 5.74) is -0.768. The molecule has 3 heterocycles. The SMILES string of the molecule is CCCCN1C(=O)C2(C(C(=O)c3ccc(C)o3)=C(O)C(=O)N2CCCN(C)C)c2ccccc21. The predicted octanol–water partition coefficient (Wildman–Crippen LogP) is 3.42. The summed E-state index contributed by atoms with van der Waals surface area (Å²) in [6.45, 7) is 5.08. The Morgan fingerprint density at radius 3 is 2.47 bits per heavy atom. The van der Waals surface area contributed by atoms with Gasteiger partial charge in [0.25, 0.3) is 11.8 Å². The maximum Gasteiger partial charge on any atom is 0.290 e. The topological polar surface area (TPSA) is 94.3 Å². The van der Waals surface area contributed by atoms with Crippen LogP contribution in [0, 0.1) is 6.92 Å². The van der Waals surface area contributed by atoms with Crippen molar-refractivity contribution in [1.29, 1.82) is 0 Å². The van der Waals surface area contributed by atoms with Crippen molar-refractivity contribution in [3.63, 3.8) is 0 Å². The minimum absolute atomic E-state index is 0.0151. The molecule has 8 heteroatoms. The van der Waals surface area contributed by atoms with Gasteiger partial charge in [-0.15, -0.1) is 0 Å². The summed E-state index contributed by atoms with van der Waals surface area (Å²) in [6, 6.07) is 10.4. The first-order valence-electron chi connectivity index (χ1n) is 11.7. The Balaban J connectivity index is 1.92. The molecule has 1 aromatic heterocycles. The number of aliphatic hydroxyl groups is 1. The normalized spacial score (nSPS) is 19.8. The number of benzene rings is 1. The number of furan rings is 1. The van der Waals surface area contributed by atoms with Gasteiger partial charge in [0.05, 0.1) is 11.3 Å². The number of rotatable bonds is 9. The van der Waals surface area contributed by atoms with Gasteiger partial charge in [0.15, 0.2) is 17.1 Å². The molecule has 180 valence electrons. The summed E-state index contributed by atoms with van der Waals surface area (Å²) in [4.78, 5) is 46.4. The summed E-state index contributed by atoms with van der Waals surface area (Å²) in [5.74, 6) is -1.95. The fourth-order valence-electron chi connectivity index (χ4n) is 4.93. The summed E-state index contributed by atoms with van der Waals surface area (Å²) >= 11 is 0. The molecule has 0 bridgehead atoms. The van der Waals surface area contributed by atoms with E-state index in [1.807, 2.05) is 38.1 Å². The monoisotopic (exact) mass is 465 g/mol. The number of Topliss-reactive ketones (excluding diaryl/α,β-unsaturated/α-hetero) is 1. The fourth-order valence-corrected chi connectivity index (χ4v) is 4.93. The van der Waals surface area contributed by atoms with Crippen molar-refractivity contribution in [1.82, 2.24) is 9.80 Å². The zero-order chi connectivity index (χ0) is 24.6. The lowest BCUT2D eigenvalue weighted by atomic mass is 9.81. The van der Waals surface area contributed by atoms with Crippen LogP contribution < -0.4 is 4.90 Å². The number of ketones is 1. The van der Waals surface area contributed by atoms with E-state index in [9.17, 15) is 19.5 Å². The van der Waals surface area contributed by atoms with E-state index in [1.165, 1.54) is 11.0 Å². The average molecular weight is 466 g/mol. The number of nitrogens with zero attached hydrogens (tertiary/aromatic N) is 3. The van der Waals surface area contributed by atoms with Crippen molar-refractivity contribution in [3.8, 4) is 0 Å². The lowest BCUT2D eigenvalue weighted by molar-refractivity contribution is -0.139. The summed E-state index contributed by atoms with van der Waals surface area (Å²) in [5, 5.41) is 11.1. The van der Waals surface area contributed by atoms with Crippen LogP contribution in [0.2, 0.25) is 0 Å². The van der Waals surface area contributed by atoms with Gasteiger partial charge in [0, 0.05) is 18.7 Å². The third-order valence-corrected chi connectivity index (χ3v) is 6.50. The van der Waals surface area contributed by atoms with Crippen molar-refractivity contribution >= 4 is 23.3 Å². The molecular formula is C26H31N3O5. The molecule has 4 rings (SSSR count). The van der Waals surface area contributed by atoms with E-state index in [-0.39, 0.29) is 17.9 Å². The second-order valence-corrected chi connectivity index (χ2v) is 9.11. The van der Waals surface area contributed by atoms with Gasteiger partial charge in [-0.1, -0.05) is 31.5 Å². The predicted molar refractivity (Wildman–Crippen MR) is 128 cm³/mol. The molecular weight excluding hydrogens is 434 g/mol. The number of amides is 2. The molecule has 0 fully saturated rings. The van der Waals surface area contributed by atoms with Crippen LogP contribution in [0.5, 0.6) is 0 Å². The lowest BCUT2D eigenvalue weighted by Gasteiger charge is -2.36. The maximum atomic E-state index is 14.2. The number of carbonyl (C=O) groups is 3. The number of hydrogen-bond acceptors (Lipinski definition) is 6. The van der Waals surface area contributed by atoms with E-state index in [4.69, 9.17) is 4.42 Å². The van der Waals surface area contributed by atoms with E-state index in [1.54, 1.807) is 30.0 Å². The van der Waals surface area contributed by atoms with Gasteiger partial charge in [-0.3, -0.25) is 14.4 Å². The number of fused-ring (bicyclic) bond motifs is 2. The van der Waals surface area contributed by atoms with Crippen LogP contribution in [-0.2, 0) is 15.1 Å². The molecule has 2 amide bonds. The molecule has 2 aromatic rings. The number of aliphatic hydroxyl groups excluding tert-OH is 1. The van der Waals surface area contributed by atoms with Crippen LogP contribution >= 0.6 is 0 Å². The van der Waals surface area contributed by atoms with Crippen molar-refractivity contribution in [2.45, 2.75) is 38.6 Å². The molecule has 2 aliphatic heterocycles. The number of para-hydroxylation sites is 1. The van der Waals surface area contributed by atoms with Gasteiger partial charge in [0.2, 0.25) is 5.78 Å². The third kappa shape index (κ3) is 3.53. The molecule has 0 saturated heterocycles. The van der Waals surface area contributed by atoms with Gasteiger partial charge in [0.1, 0.15) is 5.76 Å². The van der Waals surface area contributed by atoms with Crippen molar-refractivity contribution < 1.29 is 23.9 Å². The Kier molecular flexibility index (Phi) is 6.36. The van der Waals surface area contributed by atoms with Crippen LogP contribution in [0.4, 0.5) is 5.69 Å². The number of hydrogen-bond donors (Lipinski definition) is 1. The Labute approximate surface area is 199 Å². The molecule has 1 N–H and O–H groups in total. The van der Waals surface area contributed by atoms with Crippen molar-refractivity contribution in [2.24, 2.45) is 0 Å². The summed E-state index contributed by atoms with van der Waals surface area (Å²) in [6.07, 6.45) is 2.21. The average Bonchev–Trinajstić information content (AvgIpc) is 3.41. The Bertz CT molecular complexity index is 1160. The second kappa shape index (κ2) is 9.10. The number of anilines is 1. The van der Waals surface area contributed by atoms with Gasteiger partial charge in [-0.25, -0.2) is 0 Å². The van der Waals surface area contributed by atoms with Crippen molar-refractivity contribution in [3.05, 3.63) is 64.8 Å². The van der Waals surface area contributed by atoms with Gasteiger partial charge >= 0.3 is 0 Å². The highest BCUT2D eigenvalue weighted by molar-refractivity contribution is 6.25. The van der Waals surface area contributed by atoms with Crippen LogP contribution in [0.15, 0.2) is 52.1 Å². The van der Waals surface area contributed by atoms with E-state index >= 15 is 0 Å². The van der Waals surface area contributed by atoms with Gasteiger partial charge in [-0.2, -0.15) is 0 Å². The summed E-state index contributed by atoms with van der Waals surface area (Å²) in [7, 11) is 3.85. The smallest absolute Gasteiger partial charge is 0.290 e. The highest BCUT2D eigenvalue weighted by Gasteiger charge is 2.65. The molecule has 1 aromatic carbocycles. The first kappa shape index (κ1) is 23.8. The Morgan fingerprint density at radius 1 is 1.09 bits per heavy atom. The number of carbonyl (C=O) groups excluding carboxylic acids is 3. The molecule has 1 unspecified atom stereocenters. The van der Waals surface area contributed by atoms with Gasteiger partial charge < -0.3 is 24.2 Å². The van der Waals surface area contributed by atoms with E-state index < -0.39 is 28.9 Å². The molecule has 8 nitrogen and oxygen atoms in total. The largest absolute Gasteiger partial charge is 0.503 e. The molecule has 0 radical (unpaired) electrons. The molecule has 1 spiro atoms. The zero-order valence-electron chi connectivity index (χ0n) is 20.1. The minimum Gasteiger partial charge on any atom is -0.503 e. The fraction of sp³-hybridized carbons (Fsp3) is 0.423. The molecule has 2 aliphatic rings. The quantitative estimate of drug-likeness (QED) is 0.571.